The maximum absolute atomic E-state index is 11.4. The van der Waals surface area contributed by atoms with E-state index in [0.29, 0.717) is 13.0 Å². The largest absolute Gasteiger partial charge is 0.359 e. The molecule has 0 atom stereocenters. The number of carbonyl (C=O) groups excluding carboxylic acids is 1. The number of hydrogen-bond acceptors (Lipinski definition) is 5. The average molecular weight is 326 g/mol. The number of carbonyl (C=O) groups is 1. The molecule has 0 bridgehead atoms. The number of nitrogens with zero attached hydrogens (tertiary/aromatic N) is 3. The molecule has 0 radical (unpaired) electrons. The number of nitrogens with one attached hydrogen (secondary N) is 1. The second-order valence-corrected chi connectivity index (χ2v) is 6.27. The zero-order valence-electron chi connectivity index (χ0n) is 13.1. The molecule has 5 nitrogen and oxygen atoms in total. The molecular weight excluding hydrogens is 308 g/mol. The number of aromatic nitrogens is 2. The van der Waals surface area contributed by atoms with Crippen molar-refractivity contribution in [1.29, 1.82) is 0 Å². The van der Waals surface area contributed by atoms with Gasteiger partial charge in [-0.2, -0.15) is 0 Å². The lowest BCUT2D eigenvalue weighted by Crippen LogP contribution is -2.26. The molecule has 0 aliphatic carbocycles. The molecule has 1 aromatic carbocycles. The summed E-state index contributed by atoms with van der Waals surface area (Å²) in [7, 11) is 3.60. The van der Waals surface area contributed by atoms with Gasteiger partial charge in [0.05, 0.1) is 5.39 Å². The van der Waals surface area contributed by atoms with Crippen LogP contribution in [0, 0.1) is 0 Å². The Labute approximate surface area is 139 Å². The molecule has 0 unspecified atom stereocenters. The van der Waals surface area contributed by atoms with E-state index in [1.807, 2.05) is 30.1 Å². The third-order valence-electron chi connectivity index (χ3n) is 3.68. The van der Waals surface area contributed by atoms with Gasteiger partial charge in [0.1, 0.15) is 17.0 Å². The van der Waals surface area contributed by atoms with Crippen LogP contribution < -0.4 is 10.2 Å². The SMILES string of the molecule is CNC(=O)CCN(C)c1ncnc2sc(-c3ccccc3)cc12. The van der Waals surface area contributed by atoms with Crippen molar-refractivity contribution in [2.75, 3.05) is 25.5 Å². The van der Waals surface area contributed by atoms with Gasteiger partial charge in [0.25, 0.3) is 0 Å². The van der Waals surface area contributed by atoms with Gasteiger partial charge >= 0.3 is 0 Å². The first kappa shape index (κ1) is 15.4. The maximum atomic E-state index is 11.4. The van der Waals surface area contributed by atoms with Crippen LogP contribution in [0.5, 0.6) is 0 Å². The topological polar surface area (TPSA) is 58.1 Å². The zero-order chi connectivity index (χ0) is 16.2. The van der Waals surface area contributed by atoms with Crippen molar-refractivity contribution in [3.05, 3.63) is 42.7 Å². The van der Waals surface area contributed by atoms with Gasteiger partial charge in [-0.3, -0.25) is 4.79 Å². The predicted molar refractivity (Wildman–Crippen MR) is 94.8 cm³/mol. The number of hydrogen-bond donors (Lipinski definition) is 1. The molecule has 3 aromatic rings. The Hall–Kier alpha value is -2.47. The van der Waals surface area contributed by atoms with Crippen LogP contribution in [0.15, 0.2) is 42.7 Å². The van der Waals surface area contributed by atoms with Crippen molar-refractivity contribution in [1.82, 2.24) is 15.3 Å². The first-order chi connectivity index (χ1) is 11.2. The Balaban J connectivity index is 1.92. The van der Waals surface area contributed by atoms with Crippen LogP contribution in [0.2, 0.25) is 0 Å². The summed E-state index contributed by atoms with van der Waals surface area (Å²) in [4.78, 5) is 24.4. The quantitative estimate of drug-likeness (QED) is 0.783. The average Bonchev–Trinajstić information content (AvgIpc) is 3.04. The van der Waals surface area contributed by atoms with E-state index in [1.165, 1.54) is 10.4 Å². The maximum Gasteiger partial charge on any atom is 0.221 e. The zero-order valence-corrected chi connectivity index (χ0v) is 13.9. The molecule has 0 spiro atoms. The van der Waals surface area contributed by atoms with E-state index in [1.54, 1.807) is 24.7 Å². The molecule has 0 saturated carbocycles. The lowest BCUT2D eigenvalue weighted by Gasteiger charge is -2.18. The van der Waals surface area contributed by atoms with Crippen LogP contribution in [0.1, 0.15) is 6.42 Å². The molecule has 0 aliphatic rings. The predicted octanol–water partition coefficient (Wildman–Crippen LogP) is 2.93. The van der Waals surface area contributed by atoms with E-state index in [-0.39, 0.29) is 5.91 Å². The fourth-order valence-electron chi connectivity index (χ4n) is 2.39. The van der Waals surface area contributed by atoms with Gasteiger partial charge in [0, 0.05) is 31.9 Å². The summed E-state index contributed by atoms with van der Waals surface area (Å²) in [6.45, 7) is 0.613. The van der Waals surface area contributed by atoms with E-state index in [9.17, 15) is 4.79 Å². The standard InChI is InChI=1S/C17H18N4OS/c1-18-15(22)8-9-21(2)16-13-10-14(12-6-4-3-5-7-12)23-17(13)20-11-19-16/h3-7,10-11H,8-9H2,1-2H3,(H,18,22). The van der Waals surface area contributed by atoms with Crippen molar-refractivity contribution in [3.63, 3.8) is 0 Å². The summed E-state index contributed by atoms with van der Waals surface area (Å²) >= 11 is 1.65. The van der Waals surface area contributed by atoms with Gasteiger partial charge < -0.3 is 10.2 Å². The molecule has 0 fully saturated rings. The van der Waals surface area contributed by atoms with E-state index >= 15 is 0 Å². The van der Waals surface area contributed by atoms with E-state index in [4.69, 9.17) is 0 Å². The summed E-state index contributed by atoms with van der Waals surface area (Å²) in [6, 6.07) is 12.4. The molecular formula is C17H18N4OS. The van der Waals surface area contributed by atoms with E-state index < -0.39 is 0 Å². The fourth-order valence-corrected chi connectivity index (χ4v) is 3.39. The number of thiophene rings is 1. The van der Waals surface area contributed by atoms with Crippen LogP contribution in [-0.2, 0) is 4.79 Å². The van der Waals surface area contributed by atoms with Gasteiger partial charge in [0.15, 0.2) is 0 Å². The van der Waals surface area contributed by atoms with Gasteiger partial charge in [0.2, 0.25) is 5.91 Å². The van der Waals surface area contributed by atoms with Crippen molar-refractivity contribution < 1.29 is 4.79 Å². The fraction of sp³-hybridized carbons (Fsp3) is 0.235. The number of benzene rings is 1. The minimum Gasteiger partial charge on any atom is -0.359 e. The third-order valence-corrected chi connectivity index (χ3v) is 4.77. The highest BCUT2D eigenvalue weighted by Crippen LogP contribution is 2.35. The number of rotatable bonds is 5. The van der Waals surface area contributed by atoms with E-state index in [2.05, 4.69) is 33.5 Å². The highest BCUT2D eigenvalue weighted by atomic mass is 32.1. The van der Waals surface area contributed by atoms with Gasteiger partial charge in [-0.25, -0.2) is 9.97 Å². The second-order valence-electron chi connectivity index (χ2n) is 5.24. The first-order valence-corrected chi connectivity index (χ1v) is 8.22. The molecule has 3 rings (SSSR count). The Morgan fingerprint density at radius 3 is 2.78 bits per heavy atom. The van der Waals surface area contributed by atoms with Gasteiger partial charge in [-0.05, 0) is 11.6 Å². The smallest absolute Gasteiger partial charge is 0.221 e. The monoisotopic (exact) mass is 326 g/mol. The minimum atomic E-state index is 0.0254. The normalized spacial score (nSPS) is 10.7. The minimum absolute atomic E-state index is 0.0254. The van der Waals surface area contributed by atoms with Crippen LogP contribution in [0.4, 0.5) is 5.82 Å². The molecule has 6 heteroatoms. The Morgan fingerprint density at radius 1 is 1.26 bits per heavy atom. The molecule has 2 aromatic heterocycles. The lowest BCUT2D eigenvalue weighted by atomic mass is 10.2. The molecule has 2 heterocycles. The lowest BCUT2D eigenvalue weighted by molar-refractivity contribution is -0.120. The van der Waals surface area contributed by atoms with Crippen molar-refractivity contribution in [3.8, 4) is 10.4 Å². The Kier molecular flexibility index (Phi) is 4.52. The Bertz CT molecular complexity index is 816. The summed E-state index contributed by atoms with van der Waals surface area (Å²) in [5, 5.41) is 3.66. The Morgan fingerprint density at radius 2 is 2.04 bits per heavy atom. The van der Waals surface area contributed by atoms with Crippen molar-refractivity contribution in [2.45, 2.75) is 6.42 Å². The second kappa shape index (κ2) is 6.75. The van der Waals surface area contributed by atoms with Crippen LogP contribution in [-0.4, -0.2) is 36.5 Å². The summed E-state index contributed by atoms with van der Waals surface area (Å²) in [5.74, 6) is 0.884. The van der Waals surface area contributed by atoms with Crippen molar-refractivity contribution in [2.24, 2.45) is 0 Å². The van der Waals surface area contributed by atoms with Gasteiger partial charge in [-0.1, -0.05) is 30.3 Å². The van der Waals surface area contributed by atoms with E-state index in [0.717, 1.165) is 16.0 Å². The van der Waals surface area contributed by atoms with Crippen LogP contribution >= 0.6 is 11.3 Å². The molecule has 0 saturated heterocycles. The number of amides is 1. The summed E-state index contributed by atoms with van der Waals surface area (Å²) in [6.07, 6.45) is 2.02. The van der Waals surface area contributed by atoms with Crippen LogP contribution in [0.3, 0.4) is 0 Å². The van der Waals surface area contributed by atoms with Gasteiger partial charge in [-0.15, -0.1) is 11.3 Å². The molecule has 1 amide bonds. The summed E-state index contributed by atoms with van der Waals surface area (Å²) < 4.78 is 0. The van der Waals surface area contributed by atoms with Crippen molar-refractivity contribution >= 4 is 33.3 Å². The molecule has 23 heavy (non-hydrogen) atoms. The molecule has 1 N–H and O–H groups in total. The first-order valence-electron chi connectivity index (χ1n) is 7.40. The highest BCUT2D eigenvalue weighted by Gasteiger charge is 2.13. The highest BCUT2D eigenvalue weighted by molar-refractivity contribution is 7.21. The molecule has 118 valence electrons. The van der Waals surface area contributed by atoms with Crippen LogP contribution in [0.25, 0.3) is 20.7 Å². The number of fused-ring (bicyclic) bond motifs is 1. The number of anilines is 1. The third kappa shape index (κ3) is 3.32. The summed E-state index contributed by atoms with van der Waals surface area (Å²) in [5.41, 5.74) is 1.18. The molecule has 0 aliphatic heterocycles.